The van der Waals surface area contributed by atoms with E-state index >= 15 is 0 Å². The first-order valence-corrected chi connectivity index (χ1v) is 25.7. The second-order valence-electron chi connectivity index (χ2n) is 17.1. The fraction of sp³-hybridized carbons (Fsp3) is 0.343. The van der Waals surface area contributed by atoms with Crippen molar-refractivity contribution in [1.29, 1.82) is 0 Å². The second-order valence-corrected chi connectivity index (χ2v) is 23.1. The minimum absolute atomic E-state index is 0.0140. The summed E-state index contributed by atoms with van der Waals surface area (Å²) in [6, 6.07) is 5.80. The van der Waals surface area contributed by atoms with Gasteiger partial charge in [-0.2, -0.15) is 68.2 Å². The molecule has 0 aliphatic carbocycles. The molecule has 0 unspecified atom stereocenters. The average Bonchev–Trinajstić information content (AvgIpc) is 3.95. The molecule has 0 radical (unpaired) electrons. The molecule has 0 saturated carbocycles. The number of rotatable bonds is 14. The third-order valence-corrected chi connectivity index (χ3v) is 12.9. The summed E-state index contributed by atoms with van der Waals surface area (Å²) < 4.78 is 137. The van der Waals surface area contributed by atoms with Gasteiger partial charge in [0, 0.05) is 23.9 Å². The largest absolute Gasteiger partial charge is 0.479 e. The zero-order chi connectivity index (χ0) is 51.0. The van der Waals surface area contributed by atoms with Crippen molar-refractivity contribution in [3.05, 3.63) is 47.8 Å². The molecule has 0 amide bonds. The highest BCUT2D eigenvalue weighted by Gasteiger charge is 2.31. The van der Waals surface area contributed by atoms with Crippen LogP contribution in [0.1, 0.15) is 52.9 Å². The Hall–Kier alpha value is -6.95. The zero-order valence-corrected chi connectivity index (χ0v) is 40.1. The molecule has 0 fully saturated rings. The molecule has 9 N–H and O–H groups in total. The van der Waals surface area contributed by atoms with Gasteiger partial charge in [0.2, 0.25) is 0 Å². The number of nitrogens with two attached hydrogens (primary N) is 2. The van der Waals surface area contributed by atoms with Crippen molar-refractivity contribution in [3.63, 3.8) is 0 Å². The molecule has 0 atom stereocenters. The molecule has 0 saturated heterocycles. The number of benzene rings is 2. The van der Waals surface area contributed by atoms with Gasteiger partial charge in [-0.1, -0.05) is 41.5 Å². The van der Waals surface area contributed by atoms with E-state index in [9.17, 15) is 57.0 Å². The maximum absolute atomic E-state index is 11.9. The lowest BCUT2D eigenvalue weighted by Crippen LogP contribution is -2.16. The van der Waals surface area contributed by atoms with Gasteiger partial charge in [0.1, 0.15) is 0 Å². The fourth-order valence-electron chi connectivity index (χ4n) is 6.59. The lowest BCUT2D eigenvalue weighted by Gasteiger charge is -2.15. The first-order valence-electron chi connectivity index (χ1n) is 19.6. The van der Waals surface area contributed by atoms with Crippen molar-refractivity contribution >= 4 is 97.4 Å². The molecule has 0 spiro atoms. The number of hydrogen-bond donors (Lipinski definition) is 7. The number of nitrogen functional groups attached to an aromatic ring is 2. The number of aryl methyl sites for hydroxylation is 2. The maximum atomic E-state index is 11.9. The van der Waals surface area contributed by atoms with Gasteiger partial charge in [-0.25, -0.2) is 9.97 Å². The summed E-state index contributed by atoms with van der Waals surface area (Å²) in [5.74, 6) is -3.54. The number of hydrogen-bond acceptors (Lipinski definition) is 22. The molecule has 69 heavy (non-hydrogen) atoms. The number of imidazole rings is 2. The molecule has 368 valence electrons. The molecule has 7 rings (SSSR count). The summed E-state index contributed by atoms with van der Waals surface area (Å²) >= 11 is 0. The fourth-order valence-corrected chi connectivity index (χ4v) is 8.42. The van der Waals surface area contributed by atoms with Gasteiger partial charge in [-0.15, -0.1) is 20.5 Å². The number of azo groups is 2. The Morgan fingerprint density at radius 3 is 1.23 bits per heavy atom. The molecular weight excluding hydrogens is 995 g/mol. The Morgan fingerprint density at radius 1 is 0.551 bits per heavy atom. The smallest absolute Gasteiger partial charge is 0.320 e. The normalized spacial score (nSPS) is 13.5. The monoisotopic (exact) mass is 1040 g/mol. The Balaban J connectivity index is 1.32. The van der Waals surface area contributed by atoms with Gasteiger partial charge in [0.25, 0.3) is 64.3 Å². The molecule has 0 bridgehead atoms. The highest BCUT2D eigenvalue weighted by Crippen LogP contribution is 2.40. The Morgan fingerprint density at radius 2 is 0.913 bits per heavy atom. The minimum atomic E-state index is -4.71. The van der Waals surface area contributed by atoms with E-state index < -0.39 is 104 Å². The average molecular weight is 1040 g/mol. The van der Waals surface area contributed by atoms with Crippen LogP contribution >= 0.6 is 0 Å². The number of nitrogens with zero attached hydrogens (tertiary/aromatic N) is 15. The molecule has 2 aromatic carbocycles. The maximum Gasteiger partial charge on any atom is 0.320 e. The highest BCUT2D eigenvalue weighted by atomic mass is 32.2. The predicted molar refractivity (Wildman–Crippen MR) is 242 cm³/mol. The lowest BCUT2D eigenvalue weighted by molar-refractivity contribution is 0.423. The molecular formula is C35H41N17O13S4. The quantitative estimate of drug-likeness (QED) is 0.0605. The second kappa shape index (κ2) is 17.2. The van der Waals surface area contributed by atoms with Crippen molar-refractivity contribution < 1.29 is 57.0 Å². The number of aromatic nitrogens is 11. The molecule has 7 aromatic rings. The van der Waals surface area contributed by atoms with Crippen LogP contribution in [-0.4, -0.2) is 122 Å². The zero-order valence-electron chi connectivity index (χ0n) is 36.8. The van der Waals surface area contributed by atoms with Crippen molar-refractivity contribution in [2.45, 2.75) is 75.3 Å². The van der Waals surface area contributed by atoms with Crippen LogP contribution in [0, 0.1) is 0 Å². The first kappa shape index (κ1) is 49.9. The standard InChI is InChI=1S/C35H41N17O13S4/c1-34(2,3)25-23(43-45-31-38-19-9-7-17(68(60,61)62)15-21(19)49(31)11-13-66(54,55)56)27(36)51(47-25)29-40-30(42-33(53)41-29)52-28(37)24(26(48-52)35(4,5)6)44-46-32-39-20-10-8-18(69(63,64)65)16-22(20)50(32)12-14-67(57,58)59/h7-10,15-16H,11-14,36-37H2,1-6H3,(H,54,55,56)(H,57,58,59)(H,60,61,62)(H,63,64,65)(H,40,41,42,53). The van der Waals surface area contributed by atoms with Gasteiger partial charge in [-0.05, 0) is 36.4 Å². The van der Waals surface area contributed by atoms with Crippen molar-refractivity contribution in [3.8, 4) is 17.9 Å². The molecule has 5 heterocycles. The minimum Gasteiger partial charge on any atom is -0.479 e. The van der Waals surface area contributed by atoms with E-state index in [2.05, 4.69) is 55.6 Å². The number of aromatic hydroxyl groups is 1. The van der Waals surface area contributed by atoms with Gasteiger partial charge in [0.15, 0.2) is 23.0 Å². The Bertz CT molecular complexity index is 3510. The van der Waals surface area contributed by atoms with Gasteiger partial charge in [0.05, 0.1) is 54.8 Å². The van der Waals surface area contributed by atoms with Gasteiger partial charge < -0.3 is 25.7 Å². The van der Waals surface area contributed by atoms with Crippen LogP contribution in [0.4, 0.5) is 34.9 Å². The summed E-state index contributed by atoms with van der Waals surface area (Å²) in [5, 5.41) is 37.0. The van der Waals surface area contributed by atoms with Crippen LogP contribution in [0.5, 0.6) is 6.01 Å². The Kier molecular flexibility index (Phi) is 12.5. The number of anilines is 2. The Labute approximate surface area is 390 Å². The summed E-state index contributed by atoms with van der Waals surface area (Å²) in [6.07, 6.45) is 0. The van der Waals surface area contributed by atoms with E-state index in [0.29, 0.717) is 0 Å². The van der Waals surface area contributed by atoms with E-state index in [1.54, 1.807) is 41.5 Å². The molecule has 0 aliphatic rings. The highest BCUT2D eigenvalue weighted by molar-refractivity contribution is 7.86. The molecule has 34 heteroatoms. The van der Waals surface area contributed by atoms with E-state index in [0.717, 1.165) is 42.8 Å². The van der Waals surface area contributed by atoms with Crippen LogP contribution < -0.4 is 11.5 Å². The van der Waals surface area contributed by atoms with E-state index in [4.69, 9.17) is 11.5 Å². The summed E-state index contributed by atoms with van der Waals surface area (Å²) in [4.78, 5) is 20.0. The summed E-state index contributed by atoms with van der Waals surface area (Å²) in [6.45, 7) is 9.54. The van der Waals surface area contributed by atoms with Crippen molar-refractivity contribution in [1.82, 2.24) is 53.6 Å². The lowest BCUT2D eigenvalue weighted by atomic mass is 9.91. The van der Waals surface area contributed by atoms with Crippen molar-refractivity contribution in [2.24, 2.45) is 20.5 Å². The van der Waals surface area contributed by atoms with E-state index in [1.807, 2.05) is 0 Å². The van der Waals surface area contributed by atoms with Gasteiger partial charge >= 0.3 is 6.01 Å². The molecule has 30 nitrogen and oxygen atoms in total. The third-order valence-electron chi connectivity index (χ3n) is 9.81. The topological polar surface area (TPSA) is 449 Å². The van der Waals surface area contributed by atoms with Gasteiger partial charge in [-0.3, -0.25) is 18.2 Å². The SMILES string of the molecule is CC(C)(C)c1nn(-c2nc(O)nc(-n3nc(C(C)(C)C)c(N=Nc4nc5ccc(S(=O)(=O)O)cc5n4CCS(=O)(=O)O)c3N)n2)c(N)c1N=Nc1nc2ccc(S(=O)(=O)O)cc2n1CCS(=O)(=O)O. The van der Waals surface area contributed by atoms with E-state index in [1.165, 1.54) is 12.1 Å². The predicted octanol–water partition coefficient (Wildman–Crippen LogP) is 3.51. The van der Waals surface area contributed by atoms with Crippen LogP contribution in [0.3, 0.4) is 0 Å². The molecule has 5 aromatic heterocycles. The van der Waals surface area contributed by atoms with Crippen LogP contribution in [0.25, 0.3) is 34.0 Å². The van der Waals surface area contributed by atoms with Crippen LogP contribution in [-0.2, 0) is 64.4 Å². The summed E-state index contributed by atoms with van der Waals surface area (Å²) in [7, 11) is -18.5. The van der Waals surface area contributed by atoms with Crippen LogP contribution in [0.15, 0.2) is 66.6 Å². The first-order chi connectivity index (χ1) is 31.7. The third kappa shape index (κ3) is 10.7. The number of fused-ring (bicyclic) bond motifs is 2. The van der Waals surface area contributed by atoms with Crippen LogP contribution in [0.2, 0.25) is 0 Å². The van der Waals surface area contributed by atoms with E-state index in [-0.39, 0.29) is 68.4 Å². The summed E-state index contributed by atoms with van der Waals surface area (Å²) in [5.41, 5.74) is 12.0. The van der Waals surface area contributed by atoms with Crippen molar-refractivity contribution in [2.75, 3.05) is 23.0 Å². The molecule has 0 aliphatic heterocycles.